The minimum absolute atomic E-state index is 0.0214. The summed E-state index contributed by atoms with van der Waals surface area (Å²) in [5.41, 5.74) is 1.05. The number of amides is 1. The SMILES string of the molecule is C=C(C)CN1CCCC(NC)C1=O. The third-order valence-corrected chi connectivity index (χ3v) is 2.34. The smallest absolute Gasteiger partial charge is 0.239 e. The van der Waals surface area contributed by atoms with Crippen molar-refractivity contribution in [2.24, 2.45) is 0 Å². The summed E-state index contributed by atoms with van der Waals surface area (Å²) in [6.07, 6.45) is 2.05. The first-order valence-corrected chi connectivity index (χ1v) is 4.75. The van der Waals surface area contributed by atoms with Crippen molar-refractivity contribution in [2.75, 3.05) is 20.1 Å². The molecule has 1 saturated heterocycles. The van der Waals surface area contributed by atoms with E-state index in [-0.39, 0.29) is 11.9 Å². The molecule has 1 aliphatic heterocycles. The highest BCUT2D eigenvalue weighted by Crippen LogP contribution is 2.12. The highest BCUT2D eigenvalue weighted by molar-refractivity contribution is 5.82. The topological polar surface area (TPSA) is 32.3 Å². The number of likely N-dealkylation sites (N-methyl/N-ethyl adjacent to an activating group) is 1. The first-order valence-electron chi connectivity index (χ1n) is 4.75. The van der Waals surface area contributed by atoms with Crippen molar-refractivity contribution in [2.45, 2.75) is 25.8 Å². The Morgan fingerprint density at radius 3 is 3.00 bits per heavy atom. The molecule has 3 nitrogen and oxygen atoms in total. The molecule has 13 heavy (non-hydrogen) atoms. The molecule has 1 amide bonds. The van der Waals surface area contributed by atoms with Gasteiger partial charge in [-0.15, -0.1) is 0 Å². The third kappa shape index (κ3) is 2.56. The van der Waals surface area contributed by atoms with E-state index in [1.807, 2.05) is 18.9 Å². The number of nitrogens with one attached hydrogen (secondary N) is 1. The summed E-state index contributed by atoms with van der Waals surface area (Å²) < 4.78 is 0. The fourth-order valence-corrected chi connectivity index (χ4v) is 1.69. The second-order valence-corrected chi connectivity index (χ2v) is 3.70. The number of piperidine rings is 1. The lowest BCUT2D eigenvalue weighted by atomic mass is 10.0. The van der Waals surface area contributed by atoms with E-state index in [4.69, 9.17) is 0 Å². The summed E-state index contributed by atoms with van der Waals surface area (Å²) in [5, 5.41) is 3.04. The Bertz CT molecular complexity index is 213. The number of likely N-dealkylation sites (tertiary alicyclic amines) is 1. The molecule has 1 heterocycles. The zero-order valence-electron chi connectivity index (χ0n) is 8.47. The first kappa shape index (κ1) is 10.3. The maximum Gasteiger partial charge on any atom is 0.239 e. The fraction of sp³-hybridized carbons (Fsp3) is 0.700. The van der Waals surface area contributed by atoms with E-state index in [0.29, 0.717) is 6.54 Å². The molecule has 0 aromatic carbocycles. The quantitative estimate of drug-likeness (QED) is 0.654. The van der Waals surface area contributed by atoms with Crippen LogP contribution in [-0.4, -0.2) is 37.0 Å². The van der Waals surface area contributed by atoms with Crippen LogP contribution in [0.15, 0.2) is 12.2 Å². The van der Waals surface area contributed by atoms with E-state index >= 15 is 0 Å². The lowest BCUT2D eigenvalue weighted by molar-refractivity contribution is -0.135. The molecule has 0 saturated carbocycles. The predicted molar refractivity (Wildman–Crippen MR) is 53.5 cm³/mol. The van der Waals surface area contributed by atoms with Crippen molar-refractivity contribution in [3.05, 3.63) is 12.2 Å². The van der Waals surface area contributed by atoms with Gasteiger partial charge in [0.15, 0.2) is 0 Å². The second-order valence-electron chi connectivity index (χ2n) is 3.70. The molecule has 0 bridgehead atoms. The first-order chi connectivity index (χ1) is 6.15. The molecule has 1 N–H and O–H groups in total. The van der Waals surface area contributed by atoms with Gasteiger partial charge in [-0.25, -0.2) is 0 Å². The normalized spacial score (nSPS) is 23.4. The lowest BCUT2D eigenvalue weighted by Gasteiger charge is -2.32. The molecule has 0 aromatic rings. The predicted octanol–water partition coefficient (Wildman–Crippen LogP) is 0.773. The number of hydrogen-bond donors (Lipinski definition) is 1. The van der Waals surface area contributed by atoms with Gasteiger partial charge in [0.2, 0.25) is 5.91 Å². The van der Waals surface area contributed by atoms with E-state index in [9.17, 15) is 4.79 Å². The highest BCUT2D eigenvalue weighted by atomic mass is 16.2. The molecule has 1 unspecified atom stereocenters. The largest absolute Gasteiger partial charge is 0.337 e. The van der Waals surface area contributed by atoms with Crippen LogP contribution in [-0.2, 0) is 4.79 Å². The second kappa shape index (κ2) is 4.42. The Kier molecular flexibility index (Phi) is 3.48. The zero-order valence-corrected chi connectivity index (χ0v) is 8.47. The van der Waals surface area contributed by atoms with Gasteiger partial charge in [-0.1, -0.05) is 12.2 Å². The number of nitrogens with zero attached hydrogens (tertiary/aromatic N) is 1. The van der Waals surface area contributed by atoms with Gasteiger partial charge in [0.1, 0.15) is 0 Å². The van der Waals surface area contributed by atoms with Crippen molar-refractivity contribution in [3.8, 4) is 0 Å². The Balaban J connectivity index is 2.54. The van der Waals surface area contributed by atoms with E-state index in [1.165, 1.54) is 0 Å². The third-order valence-electron chi connectivity index (χ3n) is 2.34. The minimum atomic E-state index is 0.0214. The molecule has 0 aromatic heterocycles. The van der Waals surface area contributed by atoms with Gasteiger partial charge in [0.05, 0.1) is 6.04 Å². The van der Waals surface area contributed by atoms with Crippen LogP contribution in [0.25, 0.3) is 0 Å². The molecule has 1 aliphatic rings. The Morgan fingerprint density at radius 1 is 1.77 bits per heavy atom. The molecule has 1 atom stereocenters. The van der Waals surface area contributed by atoms with Gasteiger partial charge >= 0.3 is 0 Å². The molecular weight excluding hydrogens is 164 g/mol. The summed E-state index contributed by atoms with van der Waals surface area (Å²) in [4.78, 5) is 13.6. The van der Waals surface area contributed by atoms with E-state index in [2.05, 4.69) is 11.9 Å². The van der Waals surface area contributed by atoms with Gasteiger partial charge < -0.3 is 10.2 Å². The molecular formula is C10H18N2O. The molecule has 3 heteroatoms. The van der Waals surface area contributed by atoms with Crippen molar-refractivity contribution < 1.29 is 4.79 Å². The number of hydrogen-bond acceptors (Lipinski definition) is 2. The summed E-state index contributed by atoms with van der Waals surface area (Å²) in [6.45, 7) is 7.36. The number of rotatable bonds is 3. The monoisotopic (exact) mass is 182 g/mol. The van der Waals surface area contributed by atoms with Gasteiger partial charge in [0.25, 0.3) is 0 Å². The van der Waals surface area contributed by atoms with Gasteiger partial charge in [0, 0.05) is 13.1 Å². The molecule has 1 fully saturated rings. The average Bonchev–Trinajstić information content (AvgIpc) is 2.08. The highest BCUT2D eigenvalue weighted by Gasteiger charge is 2.26. The van der Waals surface area contributed by atoms with Crippen molar-refractivity contribution in [1.29, 1.82) is 0 Å². The van der Waals surface area contributed by atoms with Gasteiger partial charge in [-0.3, -0.25) is 4.79 Å². The Hall–Kier alpha value is -0.830. The van der Waals surface area contributed by atoms with Crippen molar-refractivity contribution in [1.82, 2.24) is 10.2 Å². The van der Waals surface area contributed by atoms with E-state index in [1.54, 1.807) is 0 Å². The average molecular weight is 182 g/mol. The number of carbonyl (C=O) groups is 1. The van der Waals surface area contributed by atoms with Crippen molar-refractivity contribution in [3.63, 3.8) is 0 Å². The van der Waals surface area contributed by atoms with Gasteiger partial charge in [-0.05, 0) is 26.8 Å². The maximum atomic E-state index is 11.7. The summed E-state index contributed by atoms with van der Waals surface area (Å²) in [5.74, 6) is 0.219. The van der Waals surface area contributed by atoms with Crippen LogP contribution in [0.2, 0.25) is 0 Å². The molecule has 0 radical (unpaired) electrons. The summed E-state index contributed by atoms with van der Waals surface area (Å²) in [6, 6.07) is 0.0214. The molecule has 0 aliphatic carbocycles. The molecule has 0 spiro atoms. The lowest BCUT2D eigenvalue weighted by Crippen LogP contribution is -2.49. The van der Waals surface area contributed by atoms with Crippen LogP contribution in [0, 0.1) is 0 Å². The van der Waals surface area contributed by atoms with Crippen molar-refractivity contribution >= 4 is 5.91 Å². The maximum absolute atomic E-state index is 11.7. The van der Waals surface area contributed by atoms with Crippen LogP contribution >= 0.6 is 0 Å². The Labute approximate surface area is 79.8 Å². The standard InChI is InChI=1S/C10H18N2O/c1-8(2)7-12-6-4-5-9(11-3)10(12)13/h9,11H,1,4-7H2,2-3H3. The van der Waals surface area contributed by atoms with Crippen LogP contribution in [0.4, 0.5) is 0 Å². The summed E-state index contributed by atoms with van der Waals surface area (Å²) >= 11 is 0. The Morgan fingerprint density at radius 2 is 2.46 bits per heavy atom. The van der Waals surface area contributed by atoms with Crippen LogP contribution < -0.4 is 5.32 Å². The van der Waals surface area contributed by atoms with Crippen LogP contribution in [0.5, 0.6) is 0 Å². The number of carbonyl (C=O) groups excluding carboxylic acids is 1. The molecule has 74 valence electrons. The fourth-order valence-electron chi connectivity index (χ4n) is 1.69. The van der Waals surface area contributed by atoms with E-state index in [0.717, 1.165) is 25.0 Å². The van der Waals surface area contributed by atoms with Crippen LogP contribution in [0.3, 0.4) is 0 Å². The summed E-state index contributed by atoms with van der Waals surface area (Å²) in [7, 11) is 1.84. The minimum Gasteiger partial charge on any atom is -0.337 e. The van der Waals surface area contributed by atoms with E-state index < -0.39 is 0 Å². The molecule has 1 rings (SSSR count). The van der Waals surface area contributed by atoms with Crippen LogP contribution in [0.1, 0.15) is 19.8 Å². The zero-order chi connectivity index (χ0) is 9.84. The van der Waals surface area contributed by atoms with Gasteiger partial charge in [-0.2, -0.15) is 0 Å².